The highest BCUT2D eigenvalue weighted by molar-refractivity contribution is 6.30. The molecule has 2 aromatic carbocycles. The second-order valence-electron chi connectivity index (χ2n) is 9.31. The van der Waals surface area contributed by atoms with Crippen LogP contribution >= 0.6 is 11.6 Å². The van der Waals surface area contributed by atoms with Gasteiger partial charge in [0.05, 0.1) is 12.3 Å². The van der Waals surface area contributed by atoms with Crippen LogP contribution in [-0.4, -0.2) is 45.7 Å². The third kappa shape index (κ3) is 4.81. The van der Waals surface area contributed by atoms with E-state index in [4.69, 9.17) is 27.2 Å². The van der Waals surface area contributed by atoms with E-state index in [0.717, 1.165) is 29.7 Å². The molecule has 0 radical (unpaired) electrons. The van der Waals surface area contributed by atoms with Crippen molar-refractivity contribution in [1.82, 2.24) is 14.3 Å². The zero-order chi connectivity index (χ0) is 25.2. The number of aromatic nitrogens is 3. The van der Waals surface area contributed by atoms with Crippen LogP contribution in [0, 0.1) is 5.92 Å². The standard InChI is InChI=1S/C26H29ClN6O3/c1-17(24(28)34)33-25(30-32(26(33)35)15-18-11-13-36-14-12-18)31-16-22(19-5-3-2-4-6-19)23(29-31)20-7-9-21(27)10-8-20/h2-10,17-18,22H,11-16H2,1H3,(H2,28,34)/t17-,22+/m0/s1. The Bertz CT molecular complexity index is 1310. The van der Waals surface area contributed by atoms with E-state index in [1.165, 1.54) is 9.25 Å². The molecule has 188 valence electrons. The largest absolute Gasteiger partial charge is 0.381 e. The lowest BCUT2D eigenvalue weighted by Gasteiger charge is -2.21. The number of hydrogen-bond donors (Lipinski definition) is 1. The Kier molecular flexibility index (Phi) is 6.93. The summed E-state index contributed by atoms with van der Waals surface area (Å²) in [5.74, 6) is -0.0892. The topological polar surface area (TPSA) is 108 Å². The van der Waals surface area contributed by atoms with E-state index >= 15 is 0 Å². The Morgan fingerprint density at radius 1 is 1.14 bits per heavy atom. The molecule has 0 spiro atoms. The van der Waals surface area contributed by atoms with Crippen LogP contribution in [0.2, 0.25) is 5.02 Å². The van der Waals surface area contributed by atoms with Crippen LogP contribution < -0.4 is 16.4 Å². The van der Waals surface area contributed by atoms with Gasteiger partial charge in [-0.05, 0) is 48.9 Å². The van der Waals surface area contributed by atoms with Gasteiger partial charge in [-0.2, -0.15) is 5.10 Å². The van der Waals surface area contributed by atoms with Crippen molar-refractivity contribution in [2.24, 2.45) is 16.8 Å². The molecule has 3 aromatic rings. The molecular weight excluding hydrogens is 480 g/mol. The first-order valence-electron chi connectivity index (χ1n) is 12.2. The number of rotatable bonds is 7. The molecular formula is C26H29ClN6O3. The molecule has 10 heteroatoms. The quantitative estimate of drug-likeness (QED) is 0.527. The zero-order valence-corrected chi connectivity index (χ0v) is 20.8. The number of carbonyl (C=O) groups is 1. The van der Waals surface area contributed by atoms with Crippen molar-refractivity contribution in [3.05, 3.63) is 81.2 Å². The lowest BCUT2D eigenvalue weighted by atomic mass is 9.91. The smallest absolute Gasteiger partial charge is 0.348 e. The van der Waals surface area contributed by atoms with Gasteiger partial charge in [-0.25, -0.2) is 19.1 Å². The number of nitrogens with zero attached hydrogens (tertiary/aromatic N) is 5. The van der Waals surface area contributed by atoms with Crippen molar-refractivity contribution in [2.45, 2.75) is 38.3 Å². The fraction of sp³-hybridized carbons (Fsp3) is 0.385. The van der Waals surface area contributed by atoms with E-state index in [-0.39, 0.29) is 17.5 Å². The summed E-state index contributed by atoms with van der Waals surface area (Å²) in [6, 6.07) is 16.7. The third-order valence-electron chi connectivity index (χ3n) is 6.91. The first-order chi connectivity index (χ1) is 17.4. The molecule has 0 unspecified atom stereocenters. The number of benzene rings is 2. The summed E-state index contributed by atoms with van der Waals surface area (Å²) in [6.07, 6.45) is 1.72. The Morgan fingerprint density at radius 3 is 2.50 bits per heavy atom. The number of carbonyl (C=O) groups excluding carboxylic acids is 1. The van der Waals surface area contributed by atoms with E-state index in [1.807, 2.05) is 42.5 Å². The Labute approximate surface area is 214 Å². The number of halogens is 1. The van der Waals surface area contributed by atoms with Crippen molar-refractivity contribution >= 4 is 29.2 Å². The van der Waals surface area contributed by atoms with E-state index in [1.54, 1.807) is 11.9 Å². The number of amides is 1. The highest BCUT2D eigenvalue weighted by atomic mass is 35.5. The summed E-state index contributed by atoms with van der Waals surface area (Å²) in [5, 5.41) is 11.9. The van der Waals surface area contributed by atoms with Crippen molar-refractivity contribution in [3.63, 3.8) is 0 Å². The van der Waals surface area contributed by atoms with Gasteiger partial charge in [0.2, 0.25) is 11.9 Å². The number of anilines is 1. The van der Waals surface area contributed by atoms with Gasteiger partial charge in [0.1, 0.15) is 6.04 Å². The molecule has 1 aromatic heterocycles. The molecule has 9 nitrogen and oxygen atoms in total. The average molecular weight is 509 g/mol. The number of hydrazone groups is 1. The van der Waals surface area contributed by atoms with Crippen LogP contribution in [0.3, 0.4) is 0 Å². The van der Waals surface area contributed by atoms with Crippen LogP contribution in [0.5, 0.6) is 0 Å². The minimum atomic E-state index is -0.874. The summed E-state index contributed by atoms with van der Waals surface area (Å²) >= 11 is 6.13. The van der Waals surface area contributed by atoms with Crippen molar-refractivity contribution in [1.29, 1.82) is 0 Å². The normalized spacial score (nSPS) is 19.3. The zero-order valence-electron chi connectivity index (χ0n) is 20.1. The predicted molar refractivity (Wildman–Crippen MR) is 138 cm³/mol. The SMILES string of the molecule is C[C@@H](C(N)=O)n1c(N2C[C@H](c3ccccc3)C(c3ccc(Cl)cc3)=N2)nn(CC2CCOCC2)c1=O. The third-order valence-corrected chi connectivity index (χ3v) is 7.16. The molecule has 1 saturated heterocycles. The molecule has 2 atom stereocenters. The number of ether oxygens (including phenoxy) is 1. The molecule has 1 amide bonds. The van der Waals surface area contributed by atoms with Crippen LogP contribution in [-0.2, 0) is 16.1 Å². The second kappa shape index (κ2) is 10.3. The monoisotopic (exact) mass is 508 g/mol. The summed E-state index contributed by atoms with van der Waals surface area (Å²) < 4.78 is 8.26. The summed E-state index contributed by atoms with van der Waals surface area (Å²) in [5.41, 5.74) is 8.11. The van der Waals surface area contributed by atoms with Crippen LogP contribution in [0.4, 0.5) is 5.95 Å². The van der Waals surface area contributed by atoms with Gasteiger partial charge in [0.15, 0.2) is 0 Å². The summed E-state index contributed by atoms with van der Waals surface area (Å²) in [4.78, 5) is 25.6. The molecule has 2 aliphatic rings. The van der Waals surface area contributed by atoms with E-state index in [9.17, 15) is 9.59 Å². The van der Waals surface area contributed by atoms with Gasteiger partial charge in [0, 0.05) is 30.7 Å². The van der Waals surface area contributed by atoms with Crippen LogP contribution in [0.1, 0.15) is 42.9 Å². The molecule has 0 saturated carbocycles. The minimum Gasteiger partial charge on any atom is -0.381 e. The second-order valence-corrected chi connectivity index (χ2v) is 9.74. The van der Waals surface area contributed by atoms with Crippen molar-refractivity contribution in [2.75, 3.05) is 24.8 Å². The van der Waals surface area contributed by atoms with Crippen LogP contribution in [0.25, 0.3) is 0 Å². The highest BCUT2D eigenvalue weighted by Crippen LogP contribution is 2.32. The van der Waals surface area contributed by atoms with E-state index < -0.39 is 11.9 Å². The fourth-order valence-electron chi connectivity index (χ4n) is 4.80. The molecule has 36 heavy (non-hydrogen) atoms. The van der Waals surface area contributed by atoms with Gasteiger partial charge >= 0.3 is 5.69 Å². The van der Waals surface area contributed by atoms with Gasteiger partial charge in [-0.1, -0.05) is 54.1 Å². The first-order valence-corrected chi connectivity index (χ1v) is 12.5. The van der Waals surface area contributed by atoms with Gasteiger partial charge in [-0.3, -0.25) is 4.79 Å². The molecule has 0 aliphatic carbocycles. The van der Waals surface area contributed by atoms with Gasteiger partial charge in [0.25, 0.3) is 0 Å². The molecule has 2 aliphatic heterocycles. The van der Waals surface area contributed by atoms with Crippen molar-refractivity contribution in [3.8, 4) is 0 Å². The number of hydrogen-bond acceptors (Lipinski definition) is 6. The summed E-state index contributed by atoms with van der Waals surface area (Å²) in [7, 11) is 0. The van der Waals surface area contributed by atoms with Crippen molar-refractivity contribution < 1.29 is 9.53 Å². The number of primary amides is 1. The lowest BCUT2D eigenvalue weighted by Crippen LogP contribution is -2.36. The molecule has 2 N–H and O–H groups in total. The Hall–Kier alpha value is -3.43. The Balaban J connectivity index is 1.57. The lowest BCUT2D eigenvalue weighted by molar-refractivity contribution is -0.120. The molecule has 0 bridgehead atoms. The predicted octanol–water partition coefficient (Wildman–Crippen LogP) is 3.18. The first kappa shape index (κ1) is 24.3. The Morgan fingerprint density at radius 2 is 1.83 bits per heavy atom. The fourth-order valence-corrected chi connectivity index (χ4v) is 4.92. The highest BCUT2D eigenvalue weighted by Gasteiger charge is 2.35. The van der Waals surface area contributed by atoms with Gasteiger partial charge < -0.3 is 10.5 Å². The maximum atomic E-state index is 13.4. The molecule has 3 heterocycles. The van der Waals surface area contributed by atoms with Crippen LogP contribution in [0.15, 0.2) is 64.5 Å². The number of nitrogens with two attached hydrogens (primary N) is 1. The summed E-state index contributed by atoms with van der Waals surface area (Å²) in [6.45, 7) is 3.87. The maximum Gasteiger partial charge on any atom is 0.348 e. The maximum absolute atomic E-state index is 13.4. The van der Waals surface area contributed by atoms with Gasteiger partial charge in [-0.15, -0.1) is 5.10 Å². The molecule has 1 fully saturated rings. The molecule has 5 rings (SSSR count). The average Bonchev–Trinajstić information content (AvgIpc) is 3.47. The minimum absolute atomic E-state index is 0.0690. The van der Waals surface area contributed by atoms with E-state index in [2.05, 4.69) is 17.2 Å². The van der Waals surface area contributed by atoms with E-state index in [0.29, 0.717) is 37.3 Å².